The van der Waals surface area contributed by atoms with Crippen molar-refractivity contribution in [3.05, 3.63) is 89.3 Å². The van der Waals surface area contributed by atoms with Crippen LogP contribution in [0, 0.1) is 23.8 Å². The largest absolute Gasteiger partial charge is 0.512 e. The third kappa shape index (κ3) is 7.30. The third-order valence-corrected chi connectivity index (χ3v) is 9.02. The van der Waals surface area contributed by atoms with E-state index in [4.69, 9.17) is 4.98 Å². The Hall–Kier alpha value is -2.81. The molecular weight excluding hydrogens is 707 g/mol. The molecule has 1 N–H and O–H groups in total. The minimum Gasteiger partial charge on any atom is -0.512 e. The number of carbonyl (C=O) groups excluding carboxylic acids is 1. The van der Waals surface area contributed by atoms with Crippen molar-refractivity contribution in [2.45, 2.75) is 92.9 Å². The van der Waals surface area contributed by atoms with Gasteiger partial charge in [-0.05, 0) is 71.4 Å². The van der Waals surface area contributed by atoms with Gasteiger partial charge in [0, 0.05) is 49.9 Å². The number of hydrogen-bond acceptors (Lipinski definition) is 3. The summed E-state index contributed by atoms with van der Waals surface area (Å²) in [6, 6.07) is 21.5. The van der Waals surface area contributed by atoms with Crippen LogP contribution in [0.2, 0.25) is 0 Å². The van der Waals surface area contributed by atoms with Crippen LogP contribution in [0.1, 0.15) is 97.8 Å². The zero-order valence-electron chi connectivity index (χ0n) is 27.2. The van der Waals surface area contributed by atoms with Crippen molar-refractivity contribution in [2.75, 3.05) is 0 Å². The van der Waals surface area contributed by atoms with Crippen molar-refractivity contribution in [1.29, 1.82) is 0 Å². The molecule has 0 amide bonds. The van der Waals surface area contributed by atoms with Gasteiger partial charge in [-0.2, -0.15) is 0 Å². The summed E-state index contributed by atoms with van der Waals surface area (Å²) in [5.41, 5.74) is 6.32. The Morgan fingerprint density at radius 3 is 2.19 bits per heavy atom. The molecule has 1 radical (unpaired) electrons. The van der Waals surface area contributed by atoms with Crippen LogP contribution in [0.3, 0.4) is 0 Å². The van der Waals surface area contributed by atoms with Crippen molar-refractivity contribution < 1.29 is 30.0 Å². The minimum atomic E-state index is -0.0723. The van der Waals surface area contributed by atoms with Crippen LogP contribution in [0.15, 0.2) is 66.6 Å². The second-order valence-corrected chi connectivity index (χ2v) is 12.8. The number of carbonyl (C=O) groups is 1. The Morgan fingerprint density at radius 1 is 0.907 bits per heavy atom. The summed E-state index contributed by atoms with van der Waals surface area (Å²) in [4.78, 5) is 16.5. The van der Waals surface area contributed by atoms with Gasteiger partial charge in [0.25, 0.3) is 0 Å². The van der Waals surface area contributed by atoms with Gasteiger partial charge in [0.15, 0.2) is 5.78 Å². The van der Waals surface area contributed by atoms with Gasteiger partial charge in [-0.3, -0.25) is 9.78 Å². The molecule has 43 heavy (non-hydrogen) atoms. The number of ketones is 1. The molecule has 5 rings (SSSR count). The normalized spacial score (nSPS) is 13.6. The number of aliphatic hydroxyl groups excluding tert-OH is 1. The van der Waals surface area contributed by atoms with Crippen molar-refractivity contribution in [2.24, 2.45) is 17.8 Å². The number of nitrogens with zero attached hydrogens (tertiary/aromatic N) is 1. The van der Waals surface area contributed by atoms with Gasteiger partial charge in [-0.15, -0.1) is 23.6 Å². The van der Waals surface area contributed by atoms with Crippen molar-refractivity contribution >= 4 is 27.3 Å². The maximum Gasteiger partial charge on any atom is 0.162 e. The fourth-order valence-corrected chi connectivity index (χ4v) is 6.42. The van der Waals surface area contributed by atoms with Gasteiger partial charge in [-0.1, -0.05) is 102 Å². The van der Waals surface area contributed by atoms with Crippen LogP contribution >= 0.6 is 0 Å². The topological polar surface area (TPSA) is 50.2 Å². The van der Waals surface area contributed by atoms with E-state index in [1.807, 2.05) is 33.9 Å². The predicted octanol–water partition coefficient (Wildman–Crippen LogP) is 10.6. The van der Waals surface area contributed by atoms with E-state index in [1.165, 1.54) is 38.9 Å². The van der Waals surface area contributed by atoms with E-state index < -0.39 is 0 Å². The Morgan fingerprint density at radius 2 is 1.56 bits per heavy atom. The molecule has 231 valence electrons. The van der Waals surface area contributed by atoms with Gasteiger partial charge in [0.2, 0.25) is 0 Å². The zero-order valence-corrected chi connectivity index (χ0v) is 29.6. The third-order valence-electron chi connectivity index (χ3n) is 9.02. The van der Waals surface area contributed by atoms with E-state index in [0.717, 1.165) is 48.7 Å². The summed E-state index contributed by atoms with van der Waals surface area (Å²) in [6.45, 7) is 17.3. The average molecular weight is 755 g/mol. The van der Waals surface area contributed by atoms with Gasteiger partial charge in [0.1, 0.15) is 0 Å². The first-order chi connectivity index (χ1) is 20.0. The fraction of sp³-hybridized carbons (Fsp3) is 0.436. The summed E-state index contributed by atoms with van der Waals surface area (Å²) < 4.78 is 0. The molecule has 0 saturated heterocycles. The average Bonchev–Trinajstić information content (AvgIpc) is 2.96. The van der Waals surface area contributed by atoms with Crippen LogP contribution in [0.25, 0.3) is 32.8 Å². The second kappa shape index (κ2) is 14.8. The second-order valence-electron chi connectivity index (χ2n) is 12.8. The first-order valence-corrected chi connectivity index (χ1v) is 15.9. The van der Waals surface area contributed by atoms with Crippen LogP contribution in [0.4, 0.5) is 0 Å². The molecule has 1 heterocycles. The number of rotatable bonds is 9. The number of allylic oxidation sites excluding steroid dienone is 2. The first kappa shape index (κ1) is 34.7. The predicted molar refractivity (Wildman–Crippen MR) is 178 cm³/mol. The number of hydrogen-bond donors (Lipinski definition) is 1. The van der Waals surface area contributed by atoms with E-state index in [0.29, 0.717) is 5.92 Å². The van der Waals surface area contributed by atoms with Gasteiger partial charge < -0.3 is 5.11 Å². The van der Waals surface area contributed by atoms with Gasteiger partial charge in [-0.25, -0.2) is 0 Å². The smallest absolute Gasteiger partial charge is 0.162 e. The molecule has 4 aromatic rings. The summed E-state index contributed by atoms with van der Waals surface area (Å²) >= 11 is 0. The van der Waals surface area contributed by atoms with E-state index in [1.54, 1.807) is 0 Å². The summed E-state index contributed by atoms with van der Waals surface area (Å²) in [5.74, 6) is 1.19. The first-order valence-electron chi connectivity index (χ1n) is 15.9. The Bertz CT molecular complexity index is 1590. The molecule has 0 aliphatic heterocycles. The maximum absolute atomic E-state index is 11.7. The number of benzene rings is 3. The Balaban J connectivity index is 0.000000274. The quantitative estimate of drug-likeness (QED) is 0.105. The van der Waals surface area contributed by atoms with E-state index in [9.17, 15) is 9.90 Å². The van der Waals surface area contributed by atoms with Gasteiger partial charge in [0.05, 0.1) is 5.76 Å². The van der Waals surface area contributed by atoms with Crippen molar-refractivity contribution in [1.82, 2.24) is 4.98 Å². The maximum atomic E-state index is 11.7. The molecule has 0 bridgehead atoms. The molecule has 0 fully saturated rings. The number of aromatic nitrogens is 1. The summed E-state index contributed by atoms with van der Waals surface area (Å²) in [7, 11) is 0. The fourth-order valence-electron chi connectivity index (χ4n) is 6.42. The monoisotopic (exact) mass is 755 g/mol. The van der Waals surface area contributed by atoms with Crippen LogP contribution < -0.4 is 0 Å². The molecule has 1 aromatic heterocycles. The molecule has 1 aliphatic rings. The Kier molecular flexibility index (Phi) is 11.9. The van der Waals surface area contributed by atoms with Crippen LogP contribution in [0.5, 0.6) is 0 Å². The molecule has 0 unspecified atom stereocenters. The summed E-state index contributed by atoms with van der Waals surface area (Å²) in [6.07, 6.45) is 7.96. The minimum absolute atomic E-state index is 0. The van der Waals surface area contributed by atoms with E-state index >= 15 is 0 Å². The number of pyridine rings is 1. The van der Waals surface area contributed by atoms with E-state index in [-0.39, 0.29) is 48.9 Å². The number of fused-ring (bicyclic) bond motifs is 3. The molecule has 4 heteroatoms. The SMILES string of the molecule is CC(C)Cc1cc2c3c(nccc3c1)-c1[c-]c3ccccc3cc1C2(C)C.CCC(CC)C(=O)/C=C(\O)C(CC)CC.[Ir]. The van der Waals surface area contributed by atoms with Crippen LogP contribution in [-0.2, 0) is 36.7 Å². The van der Waals surface area contributed by atoms with Gasteiger partial charge >= 0.3 is 0 Å². The van der Waals surface area contributed by atoms with Crippen LogP contribution in [-0.4, -0.2) is 15.9 Å². The Labute approximate surface area is 272 Å². The number of aliphatic hydroxyl groups is 1. The summed E-state index contributed by atoms with van der Waals surface area (Å²) in [5, 5.41) is 14.8. The molecule has 0 spiro atoms. The zero-order chi connectivity index (χ0) is 30.6. The molecule has 3 nitrogen and oxygen atoms in total. The molecule has 0 atom stereocenters. The van der Waals surface area contributed by atoms with Crippen molar-refractivity contribution in [3.8, 4) is 11.3 Å². The van der Waals surface area contributed by atoms with Crippen molar-refractivity contribution in [3.63, 3.8) is 0 Å². The molecule has 1 aliphatic carbocycles. The molecular formula is C39H48IrNO2-. The standard InChI is InChI=1S/C26H24N.C13H24O2.Ir/c1-16(2)11-17-12-20-9-10-27-25-21-14-18-7-5-6-8-19(18)15-22(21)26(3,4)23(13-17)24(20)25;1-5-10(6-2)12(14)9-13(15)11(7-3)8-4;/h5-10,12-13,15-16H,11H2,1-4H3;9-11,14H,5-8H2,1-4H3;/q-1;;/b;12-9-;. The molecule has 3 aromatic carbocycles. The van der Waals surface area contributed by atoms with E-state index in [2.05, 4.69) is 82.3 Å². The molecule has 0 saturated carbocycles.